The van der Waals surface area contributed by atoms with E-state index in [4.69, 9.17) is 5.11 Å². The maximum absolute atomic E-state index is 12.2. The van der Waals surface area contributed by atoms with Crippen LogP contribution in [0.15, 0.2) is 17.5 Å². The van der Waals surface area contributed by atoms with Gasteiger partial charge in [-0.15, -0.1) is 11.3 Å². The highest BCUT2D eigenvalue weighted by atomic mass is 32.1. The van der Waals surface area contributed by atoms with Crippen LogP contribution < -0.4 is 5.32 Å². The van der Waals surface area contributed by atoms with Crippen LogP contribution in [0.3, 0.4) is 0 Å². The van der Waals surface area contributed by atoms with Crippen LogP contribution in [0, 0.1) is 0 Å². The van der Waals surface area contributed by atoms with Gasteiger partial charge in [-0.05, 0) is 30.7 Å². The third-order valence-electron chi connectivity index (χ3n) is 3.39. The summed E-state index contributed by atoms with van der Waals surface area (Å²) in [4.78, 5) is 25.8. The fourth-order valence-corrected chi connectivity index (χ4v) is 3.22. The zero-order chi connectivity index (χ0) is 13.8. The van der Waals surface area contributed by atoms with Crippen molar-refractivity contribution in [2.75, 3.05) is 6.54 Å². The monoisotopic (exact) mass is 282 g/mol. The summed E-state index contributed by atoms with van der Waals surface area (Å²) in [5, 5.41) is 14.0. The molecule has 19 heavy (non-hydrogen) atoms. The van der Waals surface area contributed by atoms with E-state index in [1.165, 1.54) is 4.90 Å². The molecule has 1 aromatic heterocycles. The summed E-state index contributed by atoms with van der Waals surface area (Å²) >= 11 is 1.60. The summed E-state index contributed by atoms with van der Waals surface area (Å²) in [7, 11) is 0. The predicted molar refractivity (Wildman–Crippen MR) is 73.2 cm³/mol. The first-order valence-corrected chi connectivity index (χ1v) is 7.34. The largest absolute Gasteiger partial charge is 0.480 e. The number of urea groups is 1. The Labute approximate surface area is 116 Å². The molecule has 1 aliphatic heterocycles. The van der Waals surface area contributed by atoms with Gasteiger partial charge in [-0.25, -0.2) is 9.59 Å². The molecule has 104 valence electrons. The molecule has 2 unspecified atom stereocenters. The van der Waals surface area contributed by atoms with Crippen LogP contribution in [0.2, 0.25) is 0 Å². The average molecular weight is 282 g/mol. The van der Waals surface area contributed by atoms with Crippen molar-refractivity contribution < 1.29 is 14.7 Å². The van der Waals surface area contributed by atoms with Gasteiger partial charge in [-0.2, -0.15) is 0 Å². The number of amides is 2. The molecule has 1 fully saturated rings. The van der Waals surface area contributed by atoms with E-state index in [1.807, 2.05) is 24.4 Å². The lowest BCUT2D eigenvalue weighted by atomic mass is 10.2. The molecule has 0 radical (unpaired) electrons. The van der Waals surface area contributed by atoms with E-state index < -0.39 is 12.0 Å². The molecule has 0 saturated carbocycles. The van der Waals surface area contributed by atoms with Crippen LogP contribution in [-0.4, -0.2) is 34.6 Å². The number of carboxylic acid groups (broad SMARTS) is 1. The van der Waals surface area contributed by atoms with Crippen LogP contribution in [0.4, 0.5) is 4.79 Å². The fourth-order valence-electron chi connectivity index (χ4n) is 2.36. The third-order valence-corrected chi connectivity index (χ3v) is 4.38. The first-order valence-electron chi connectivity index (χ1n) is 6.46. The molecule has 2 N–H and O–H groups in total. The van der Waals surface area contributed by atoms with Crippen molar-refractivity contribution in [3.8, 4) is 0 Å². The smallest absolute Gasteiger partial charge is 0.326 e. The SMILES string of the molecule is CCC(NC(=O)N1CCCC1C(=O)O)c1cccs1. The standard InChI is InChI=1S/C13H18N2O3S/c1-2-9(11-6-4-8-19-11)14-13(18)15-7-3-5-10(15)12(16)17/h4,6,8-10H,2-3,5,7H2,1H3,(H,14,18)(H,16,17). The minimum absolute atomic E-state index is 0.0393. The van der Waals surface area contributed by atoms with Gasteiger partial charge in [0.2, 0.25) is 0 Å². The van der Waals surface area contributed by atoms with Crippen molar-refractivity contribution in [2.45, 2.75) is 38.3 Å². The first kappa shape index (κ1) is 13.9. The highest BCUT2D eigenvalue weighted by Crippen LogP contribution is 2.23. The van der Waals surface area contributed by atoms with Gasteiger partial charge in [0.15, 0.2) is 0 Å². The summed E-state index contributed by atoms with van der Waals surface area (Å²) in [6, 6.07) is 2.94. The second-order valence-electron chi connectivity index (χ2n) is 4.62. The lowest BCUT2D eigenvalue weighted by molar-refractivity contribution is -0.141. The van der Waals surface area contributed by atoms with Crippen molar-refractivity contribution in [3.05, 3.63) is 22.4 Å². The van der Waals surface area contributed by atoms with Gasteiger partial charge < -0.3 is 15.3 Å². The summed E-state index contributed by atoms with van der Waals surface area (Å²) in [6.45, 7) is 2.52. The molecular weight excluding hydrogens is 264 g/mol. The van der Waals surface area contributed by atoms with Crippen LogP contribution in [0.1, 0.15) is 37.1 Å². The fraction of sp³-hybridized carbons (Fsp3) is 0.538. The van der Waals surface area contributed by atoms with Crippen LogP contribution >= 0.6 is 11.3 Å². The molecule has 6 heteroatoms. The molecule has 0 bridgehead atoms. The Kier molecular flexibility index (Phi) is 4.42. The van der Waals surface area contributed by atoms with E-state index in [1.54, 1.807) is 11.3 Å². The Hall–Kier alpha value is -1.56. The predicted octanol–water partition coefficient (Wildman–Crippen LogP) is 2.46. The number of aliphatic carboxylic acids is 1. The van der Waals surface area contributed by atoms with Gasteiger partial charge in [0.1, 0.15) is 6.04 Å². The molecule has 2 atom stereocenters. The van der Waals surface area contributed by atoms with E-state index >= 15 is 0 Å². The Morgan fingerprint density at radius 1 is 1.63 bits per heavy atom. The van der Waals surface area contributed by atoms with Crippen molar-refractivity contribution in [1.29, 1.82) is 0 Å². The van der Waals surface area contributed by atoms with Crippen LogP contribution in [0.25, 0.3) is 0 Å². The molecule has 1 saturated heterocycles. The number of carbonyl (C=O) groups excluding carboxylic acids is 1. The minimum atomic E-state index is -0.920. The second-order valence-corrected chi connectivity index (χ2v) is 5.59. The minimum Gasteiger partial charge on any atom is -0.480 e. The van der Waals surface area contributed by atoms with Crippen LogP contribution in [-0.2, 0) is 4.79 Å². The Balaban J connectivity index is 2.02. The normalized spacial score (nSPS) is 20.3. The summed E-state index contributed by atoms with van der Waals surface area (Å²) < 4.78 is 0. The molecule has 0 spiro atoms. The molecule has 2 heterocycles. The lowest BCUT2D eigenvalue weighted by Gasteiger charge is -2.25. The maximum atomic E-state index is 12.2. The van der Waals surface area contributed by atoms with E-state index in [2.05, 4.69) is 5.32 Å². The number of likely N-dealkylation sites (tertiary alicyclic amines) is 1. The number of carboxylic acids is 1. The molecule has 5 nitrogen and oxygen atoms in total. The maximum Gasteiger partial charge on any atom is 0.326 e. The van der Waals surface area contributed by atoms with Gasteiger partial charge >= 0.3 is 12.0 Å². The quantitative estimate of drug-likeness (QED) is 0.891. The van der Waals surface area contributed by atoms with E-state index in [9.17, 15) is 9.59 Å². The summed E-state index contributed by atoms with van der Waals surface area (Å²) in [5.41, 5.74) is 0. The molecule has 1 aliphatic rings. The van der Waals surface area contributed by atoms with Crippen LogP contribution in [0.5, 0.6) is 0 Å². The van der Waals surface area contributed by atoms with E-state index in [-0.39, 0.29) is 12.1 Å². The number of rotatable bonds is 4. The van der Waals surface area contributed by atoms with Crippen molar-refractivity contribution in [3.63, 3.8) is 0 Å². The molecule has 1 aromatic rings. The average Bonchev–Trinajstić information content (AvgIpc) is 3.05. The Morgan fingerprint density at radius 3 is 3.00 bits per heavy atom. The van der Waals surface area contributed by atoms with Gasteiger partial charge in [0.25, 0.3) is 0 Å². The number of nitrogens with one attached hydrogen (secondary N) is 1. The molecule has 2 amide bonds. The van der Waals surface area contributed by atoms with Gasteiger partial charge in [-0.1, -0.05) is 13.0 Å². The second kappa shape index (κ2) is 6.06. The van der Waals surface area contributed by atoms with E-state index in [0.29, 0.717) is 13.0 Å². The van der Waals surface area contributed by atoms with Crippen molar-refractivity contribution in [1.82, 2.24) is 10.2 Å². The molecule has 2 rings (SSSR count). The van der Waals surface area contributed by atoms with Gasteiger partial charge in [-0.3, -0.25) is 0 Å². The number of carbonyl (C=O) groups is 2. The lowest BCUT2D eigenvalue weighted by Crippen LogP contribution is -2.46. The number of thiophene rings is 1. The highest BCUT2D eigenvalue weighted by molar-refractivity contribution is 7.10. The molecule has 0 aliphatic carbocycles. The van der Waals surface area contributed by atoms with E-state index in [0.717, 1.165) is 17.7 Å². The highest BCUT2D eigenvalue weighted by Gasteiger charge is 2.34. The topological polar surface area (TPSA) is 69.6 Å². The summed E-state index contributed by atoms with van der Waals surface area (Å²) in [5.74, 6) is -0.920. The summed E-state index contributed by atoms with van der Waals surface area (Å²) in [6.07, 6.45) is 2.08. The number of hydrogen-bond acceptors (Lipinski definition) is 3. The Morgan fingerprint density at radius 2 is 2.42 bits per heavy atom. The first-order chi connectivity index (χ1) is 9.13. The third kappa shape index (κ3) is 3.07. The van der Waals surface area contributed by atoms with Crippen molar-refractivity contribution >= 4 is 23.3 Å². The van der Waals surface area contributed by atoms with Crippen molar-refractivity contribution in [2.24, 2.45) is 0 Å². The number of nitrogens with zero attached hydrogens (tertiary/aromatic N) is 1. The number of hydrogen-bond donors (Lipinski definition) is 2. The van der Waals surface area contributed by atoms with Gasteiger partial charge in [0, 0.05) is 11.4 Å². The Bertz CT molecular complexity index is 447. The molecular formula is C13H18N2O3S. The zero-order valence-corrected chi connectivity index (χ0v) is 11.7. The molecule has 0 aromatic carbocycles. The zero-order valence-electron chi connectivity index (χ0n) is 10.8. The van der Waals surface area contributed by atoms with Gasteiger partial charge in [0.05, 0.1) is 6.04 Å².